The van der Waals surface area contributed by atoms with Crippen LogP contribution in [0, 0.1) is 11.3 Å². The first-order valence-corrected chi connectivity index (χ1v) is 8.92. The number of rotatable bonds is 4. The van der Waals surface area contributed by atoms with Crippen LogP contribution in [0.1, 0.15) is 24.8 Å². The molecule has 2 heterocycles. The second-order valence-electron chi connectivity index (χ2n) is 6.57. The van der Waals surface area contributed by atoms with Crippen LogP contribution in [0.25, 0.3) is 10.2 Å². The standard InChI is InChI=1S/C17H21N3O2S.ClH/c1-22-10-11-3-2-4-13-14(11)19-16(23-13)20-15(21)12-9-17(12)5-7-18-8-6-17;/h2-4,12,18H,5-10H2,1H3,(H,19,20,21);1H. The summed E-state index contributed by atoms with van der Waals surface area (Å²) < 4.78 is 6.31. The van der Waals surface area contributed by atoms with E-state index in [1.165, 1.54) is 11.3 Å². The SMILES string of the molecule is COCc1cccc2sc(NC(=O)C3CC34CCNCC4)nc12.Cl. The quantitative estimate of drug-likeness (QED) is 0.871. The molecule has 2 aromatic rings. The summed E-state index contributed by atoms with van der Waals surface area (Å²) in [6.45, 7) is 2.60. The zero-order valence-electron chi connectivity index (χ0n) is 13.6. The lowest BCUT2D eigenvalue weighted by molar-refractivity contribution is -0.118. The van der Waals surface area contributed by atoms with Gasteiger partial charge in [0.25, 0.3) is 0 Å². The van der Waals surface area contributed by atoms with Crippen molar-refractivity contribution < 1.29 is 9.53 Å². The van der Waals surface area contributed by atoms with E-state index in [2.05, 4.69) is 15.6 Å². The Kier molecular flexibility index (Phi) is 5.11. The van der Waals surface area contributed by atoms with Crippen molar-refractivity contribution in [1.82, 2.24) is 10.3 Å². The van der Waals surface area contributed by atoms with Crippen LogP contribution in [-0.2, 0) is 16.1 Å². The third-order valence-electron chi connectivity index (χ3n) is 5.14. The molecule has 7 heteroatoms. The zero-order valence-corrected chi connectivity index (χ0v) is 15.3. The highest BCUT2D eigenvalue weighted by atomic mass is 35.5. The second kappa shape index (κ2) is 6.96. The van der Waals surface area contributed by atoms with Crippen LogP contribution in [0.2, 0.25) is 0 Å². The lowest BCUT2D eigenvalue weighted by Gasteiger charge is -2.22. The van der Waals surface area contributed by atoms with Gasteiger partial charge >= 0.3 is 0 Å². The van der Waals surface area contributed by atoms with E-state index in [1.807, 2.05) is 18.2 Å². The van der Waals surface area contributed by atoms with E-state index in [1.54, 1.807) is 7.11 Å². The summed E-state index contributed by atoms with van der Waals surface area (Å²) in [5, 5.41) is 7.11. The van der Waals surface area contributed by atoms with E-state index in [0.717, 1.165) is 48.1 Å². The molecule has 2 aliphatic rings. The number of amides is 1. The minimum Gasteiger partial charge on any atom is -0.380 e. The largest absolute Gasteiger partial charge is 0.380 e. The van der Waals surface area contributed by atoms with Crippen molar-refractivity contribution in [2.24, 2.45) is 11.3 Å². The Morgan fingerprint density at radius 1 is 1.46 bits per heavy atom. The van der Waals surface area contributed by atoms with Gasteiger partial charge in [-0.1, -0.05) is 23.5 Å². The smallest absolute Gasteiger partial charge is 0.229 e. The first kappa shape index (κ1) is 17.6. The second-order valence-corrected chi connectivity index (χ2v) is 7.60. The summed E-state index contributed by atoms with van der Waals surface area (Å²) >= 11 is 1.53. The number of nitrogens with one attached hydrogen (secondary N) is 2. The Bertz CT molecular complexity index is 743. The minimum atomic E-state index is 0. The number of methoxy groups -OCH3 is 1. The Labute approximate surface area is 151 Å². The van der Waals surface area contributed by atoms with Crippen LogP contribution >= 0.6 is 23.7 Å². The molecular formula is C17H22ClN3O2S. The number of benzene rings is 1. The van der Waals surface area contributed by atoms with E-state index in [4.69, 9.17) is 4.74 Å². The Morgan fingerprint density at radius 3 is 3.00 bits per heavy atom. The van der Waals surface area contributed by atoms with Crippen LogP contribution in [0.4, 0.5) is 5.13 Å². The van der Waals surface area contributed by atoms with Crippen molar-refractivity contribution in [2.45, 2.75) is 25.9 Å². The molecule has 130 valence electrons. The van der Waals surface area contributed by atoms with E-state index in [-0.39, 0.29) is 29.6 Å². The number of fused-ring (bicyclic) bond motifs is 1. The number of para-hydroxylation sites is 1. The number of carbonyl (C=O) groups is 1. The van der Waals surface area contributed by atoms with Gasteiger partial charge in [0.15, 0.2) is 5.13 Å². The molecular weight excluding hydrogens is 346 g/mol. The van der Waals surface area contributed by atoms with Gasteiger partial charge in [-0.2, -0.15) is 0 Å². The molecule has 1 atom stereocenters. The first-order chi connectivity index (χ1) is 11.2. The number of hydrogen-bond donors (Lipinski definition) is 2. The molecule has 0 radical (unpaired) electrons. The number of halogens is 1. The van der Waals surface area contributed by atoms with Gasteiger partial charge in [0.05, 0.1) is 16.8 Å². The molecule has 1 aromatic heterocycles. The summed E-state index contributed by atoms with van der Waals surface area (Å²) in [7, 11) is 1.68. The predicted molar refractivity (Wildman–Crippen MR) is 98.9 cm³/mol. The molecule has 4 rings (SSSR count). The van der Waals surface area contributed by atoms with Gasteiger partial charge < -0.3 is 15.4 Å². The summed E-state index contributed by atoms with van der Waals surface area (Å²) in [5.74, 6) is 0.300. The number of piperidine rings is 1. The highest BCUT2D eigenvalue weighted by Gasteiger charge is 2.57. The summed E-state index contributed by atoms with van der Waals surface area (Å²) in [6.07, 6.45) is 3.26. The number of hydrogen-bond acceptors (Lipinski definition) is 5. The average Bonchev–Trinajstić information content (AvgIpc) is 3.07. The van der Waals surface area contributed by atoms with Crippen molar-refractivity contribution in [3.63, 3.8) is 0 Å². The third kappa shape index (κ3) is 3.16. The van der Waals surface area contributed by atoms with Crippen molar-refractivity contribution in [2.75, 3.05) is 25.5 Å². The maximum Gasteiger partial charge on any atom is 0.229 e. The van der Waals surface area contributed by atoms with E-state index >= 15 is 0 Å². The highest BCUT2D eigenvalue weighted by Crippen LogP contribution is 2.58. The summed E-state index contributed by atoms with van der Waals surface area (Å²) in [6, 6.07) is 6.06. The van der Waals surface area contributed by atoms with E-state index < -0.39 is 0 Å². The van der Waals surface area contributed by atoms with Crippen LogP contribution in [0.5, 0.6) is 0 Å². The predicted octanol–water partition coefficient (Wildman–Crippen LogP) is 3.19. The molecule has 1 saturated carbocycles. The minimum absolute atomic E-state index is 0. The molecule has 0 bridgehead atoms. The monoisotopic (exact) mass is 367 g/mol. The van der Waals surface area contributed by atoms with E-state index in [0.29, 0.717) is 11.7 Å². The van der Waals surface area contributed by atoms with Crippen molar-refractivity contribution in [3.05, 3.63) is 23.8 Å². The number of aromatic nitrogens is 1. The lowest BCUT2D eigenvalue weighted by atomic mass is 9.92. The Balaban J connectivity index is 0.00000169. The highest BCUT2D eigenvalue weighted by molar-refractivity contribution is 7.22. The van der Waals surface area contributed by atoms with Crippen LogP contribution in [-0.4, -0.2) is 31.1 Å². The fourth-order valence-corrected chi connectivity index (χ4v) is 4.64. The number of carbonyl (C=O) groups excluding carboxylic acids is 1. The van der Waals surface area contributed by atoms with Gasteiger partial charge in [-0.25, -0.2) is 4.98 Å². The average molecular weight is 368 g/mol. The van der Waals surface area contributed by atoms with Crippen molar-refractivity contribution in [3.8, 4) is 0 Å². The molecule has 1 unspecified atom stereocenters. The number of nitrogens with zero attached hydrogens (tertiary/aromatic N) is 1. The molecule has 24 heavy (non-hydrogen) atoms. The van der Waals surface area contributed by atoms with Crippen LogP contribution in [0.15, 0.2) is 18.2 Å². The molecule has 1 spiro atoms. The summed E-state index contributed by atoms with van der Waals surface area (Å²) in [5.41, 5.74) is 2.25. The number of anilines is 1. The zero-order chi connectivity index (χ0) is 15.9. The maximum absolute atomic E-state index is 12.5. The molecule has 5 nitrogen and oxygen atoms in total. The normalized spacial score (nSPS) is 21.5. The van der Waals surface area contributed by atoms with Gasteiger partial charge in [-0.3, -0.25) is 4.79 Å². The Hall–Kier alpha value is -1.21. The van der Waals surface area contributed by atoms with Gasteiger partial charge in [-0.15, -0.1) is 12.4 Å². The fourth-order valence-electron chi connectivity index (χ4n) is 3.72. The lowest BCUT2D eigenvalue weighted by Crippen LogP contribution is -2.31. The van der Waals surface area contributed by atoms with Gasteiger partial charge in [0.1, 0.15) is 0 Å². The van der Waals surface area contributed by atoms with E-state index in [9.17, 15) is 4.79 Å². The number of thiazole rings is 1. The molecule has 1 aliphatic heterocycles. The van der Waals surface area contributed by atoms with Gasteiger partial charge in [-0.05, 0) is 43.8 Å². The summed E-state index contributed by atoms with van der Waals surface area (Å²) in [4.78, 5) is 17.2. The van der Waals surface area contributed by atoms with Crippen molar-refractivity contribution in [1.29, 1.82) is 0 Å². The van der Waals surface area contributed by atoms with Crippen molar-refractivity contribution >= 4 is 45.0 Å². The topological polar surface area (TPSA) is 63.2 Å². The number of ether oxygens (including phenoxy) is 1. The molecule has 1 saturated heterocycles. The molecule has 1 amide bonds. The first-order valence-electron chi connectivity index (χ1n) is 8.11. The Morgan fingerprint density at radius 2 is 2.25 bits per heavy atom. The molecule has 2 N–H and O–H groups in total. The van der Waals surface area contributed by atoms with Gasteiger partial charge in [0, 0.05) is 18.6 Å². The maximum atomic E-state index is 12.5. The van der Waals surface area contributed by atoms with Gasteiger partial charge in [0.2, 0.25) is 5.91 Å². The van der Waals surface area contributed by atoms with Crippen LogP contribution in [0.3, 0.4) is 0 Å². The van der Waals surface area contributed by atoms with Crippen LogP contribution < -0.4 is 10.6 Å². The molecule has 2 fully saturated rings. The molecule has 1 aliphatic carbocycles. The fraction of sp³-hybridized carbons (Fsp3) is 0.529. The third-order valence-corrected chi connectivity index (χ3v) is 6.07. The molecule has 1 aromatic carbocycles.